The van der Waals surface area contributed by atoms with E-state index in [2.05, 4.69) is 30.7 Å². The SMILES string of the molecule is Cc1ccc2nc(N3C(=O)C(=O)/C(=C(/O)c4ccc5c(c4)OCCO5)C3c3ccc(C(C)(C)C)cc3)[nH]c2c1. The molecule has 0 aliphatic carbocycles. The molecule has 1 amide bonds. The highest BCUT2D eigenvalue weighted by molar-refractivity contribution is 6.51. The van der Waals surface area contributed by atoms with Crippen molar-refractivity contribution in [3.8, 4) is 11.5 Å². The predicted octanol–water partition coefficient (Wildman–Crippen LogP) is 5.57. The van der Waals surface area contributed by atoms with Gasteiger partial charge < -0.3 is 19.6 Å². The number of aryl methyl sites for hydroxylation is 1. The summed E-state index contributed by atoms with van der Waals surface area (Å²) in [5, 5.41) is 11.5. The van der Waals surface area contributed by atoms with Crippen LogP contribution in [0.3, 0.4) is 0 Å². The first-order chi connectivity index (χ1) is 18.6. The Bertz CT molecular complexity index is 1660. The van der Waals surface area contributed by atoms with Gasteiger partial charge in [0.05, 0.1) is 22.6 Å². The second-order valence-electron chi connectivity index (χ2n) is 11.0. The van der Waals surface area contributed by atoms with Gasteiger partial charge in [-0.1, -0.05) is 51.1 Å². The van der Waals surface area contributed by atoms with Crippen molar-refractivity contribution in [2.75, 3.05) is 18.1 Å². The van der Waals surface area contributed by atoms with E-state index < -0.39 is 17.7 Å². The molecule has 198 valence electrons. The Kier molecular flexibility index (Phi) is 5.71. The molecule has 1 saturated heterocycles. The third kappa shape index (κ3) is 4.22. The van der Waals surface area contributed by atoms with Crippen LogP contribution in [0.4, 0.5) is 5.95 Å². The van der Waals surface area contributed by atoms with E-state index in [4.69, 9.17) is 9.47 Å². The van der Waals surface area contributed by atoms with Crippen LogP contribution in [-0.2, 0) is 15.0 Å². The molecule has 1 fully saturated rings. The number of fused-ring (bicyclic) bond motifs is 2. The first-order valence-electron chi connectivity index (χ1n) is 12.9. The van der Waals surface area contributed by atoms with Gasteiger partial charge in [0.1, 0.15) is 19.0 Å². The molecule has 2 aliphatic rings. The van der Waals surface area contributed by atoms with Gasteiger partial charge in [-0.25, -0.2) is 4.98 Å². The topological polar surface area (TPSA) is 105 Å². The Morgan fingerprint density at radius 1 is 0.974 bits per heavy atom. The molecule has 2 aliphatic heterocycles. The van der Waals surface area contributed by atoms with E-state index in [1.807, 2.05) is 49.4 Å². The maximum Gasteiger partial charge on any atom is 0.302 e. The molecule has 1 atom stereocenters. The average molecular weight is 524 g/mol. The first-order valence-corrected chi connectivity index (χ1v) is 12.9. The smallest absolute Gasteiger partial charge is 0.302 e. The number of Topliss-reactive ketones (excluding diaryl/α,β-unsaturated/α-hetero) is 1. The second-order valence-corrected chi connectivity index (χ2v) is 11.0. The molecule has 39 heavy (non-hydrogen) atoms. The number of anilines is 1. The van der Waals surface area contributed by atoms with Gasteiger partial charge in [-0.15, -0.1) is 0 Å². The summed E-state index contributed by atoms with van der Waals surface area (Å²) >= 11 is 0. The molecule has 8 nitrogen and oxygen atoms in total. The number of ether oxygens (including phenoxy) is 2. The van der Waals surface area contributed by atoms with Crippen molar-refractivity contribution in [3.63, 3.8) is 0 Å². The molecule has 3 heterocycles. The summed E-state index contributed by atoms with van der Waals surface area (Å²) in [6.45, 7) is 9.14. The van der Waals surface area contributed by atoms with Crippen LogP contribution in [0.15, 0.2) is 66.2 Å². The van der Waals surface area contributed by atoms with E-state index in [-0.39, 0.29) is 22.7 Å². The zero-order chi connectivity index (χ0) is 27.5. The molecule has 4 aromatic rings. The summed E-state index contributed by atoms with van der Waals surface area (Å²) in [5.74, 6) is -0.574. The van der Waals surface area contributed by atoms with Gasteiger partial charge in [-0.2, -0.15) is 0 Å². The lowest BCUT2D eigenvalue weighted by Gasteiger charge is -2.25. The third-order valence-electron chi connectivity index (χ3n) is 7.21. The summed E-state index contributed by atoms with van der Waals surface area (Å²) < 4.78 is 11.3. The van der Waals surface area contributed by atoms with E-state index in [1.54, 1.807) is 18.2 Å². The first kappa shape index (κ1) is 24.7. The Hall–Kier alpha value is -4.59. The summed E-state index contributed by atoms with van der Waals surface area (Å²) in [6.07, 6.45) is 0. The van der Waals surface area contributed by atoms with Crippen molar-refractivity contribution in [1.29, 1.82) is 0 Å². The standard InChI is InChI=1S/C31H29N3O5/c1-17-5-11-21-22(15-17)33-30(32-21)34-26(18-6-9-20(10-7-18)31(2,3)4)25(28(36)29(34)37)27(35)19-8-12-23-24(16-19)39-14-13-38-23/h5-12,15-16,26,35H,13-14H2,1-4H3,(H,32,33)/b27-25+. The second kappa shape index (κ2) is 9.01. The van der Waals surface area contributed by atoms with Crippen molar-refractivity contribution in [2.45, 2.75) is 39.2 Å². The molecule has 0 radical (unpaired) electrons. The van der Waals surface area contributed by atoms with Crippen LogP contribution in [0, 0.1) is 6.92 Å². The van der Waals surface area contributed by atoms with Crippen molar-refractivity contribution < 1.29 is 24.2 Å². The largest absolute Gasteiger partial charge is 0.507 e. The number of hydrogen-bond donors (Lipinski definition) is 2. The van der Waals surface area contributed by atoms with Gasteiger partial charge in [0.25, 0.3) is 5.78 Å². The molecular weight excluding hydrogens is 494 g/mol. The monoisotopic (exact) mass is 523 g/mol. The number of aliphatic hydroxyl groups is 1. The fraction of sp³-hybridized carbons (Fsp3) is 0.258. The van der Waals surface area contributed by atoms with Crippen LogP contribution in [0.25, 0.3) is 16.8 Å². The Balaban J connectivity index is 1.53. The van der Waals surface area contributed by atoms with E-state index in [0.717, 1.165) is 16.6 Å². The van der Waals surface area contributed by atoms with Gasteiger partial charge in [0, 0.05) is 5.56 Å². The van der Waals surface area contributed by atoms with E-state index in [1.165, 1.54) is 4.90 Å². The average Bonchev–Trinajstić information content (AvgIpc) is 3.45. The number of ketones is 1. The molecular formula is C31H29N3O5. The molecule has 3 aromatic carbocycles. The fourth-order valence-electron chi connectivity index (χ4n) is 5.10. The van der Waals surface area contributed by atoms with Gasteiger partial charge in [0.2, 0.25) is 5.95 Å². The molecule has 1 unspecified atom stereocenters. The molecule has 6 rings (SSSR count). The van der Waals surface area contributed by atoms with Crippen molar-refractivity contribution in [3.05, 3.63) is 88.5 Å². The number of carbonyl (C=O) groups excluding carboxylic acids is 2. The minimum atomic E-state index is -0.895. The zero-order valence-electron chi connectivity index (χ0n) is 22.2. The van der Waals surface area contributed by atoms with Crippen LogP contribution in [-0.4, -0.2) is 40.0 Å². The quantitative estimate of drug-likeness (QED) is 0.207. The minimum absolute atomic E-state index is 0.0168. The number of carbonyl (C=O) groups is 2. The number of benzene rings is 3. The van der Waals surface area contributed by atoms with Crippen molar-refractivity contribution in [1.82, 2.24) is 9.97 Å². The van der Waals surface area contributed by atoms with Gasteiger partial charge in [-0.3, -0.25) is 14.5 Å². The number of H-pyrrole nitrogens is 1. The Labute approximate surface area is 225 Å². The lowest BCUT2D eigenvalue weighted by atomic mass is 9.85. The van der Waals surface area contributed by atoms with Gasteiger partial charge >= 0.3 is 5.91 Å². The van der Waals surface area contributed by atoms with E-state index in [0.29, 0.717) is 41.4 Å². The van der Waals surface area contributed by atoms with Gasteiger partial charge in [0.15, 0.2) is 11.5 Å². The normalized spacial score (nSPS) is 18.7. The molecule has 0 bridgehead atoms. The lowest BCUT2D eigenvalue weighted by molar-refractivity contribution is -0.132. The summed E-state index contributed by atoms with van der Waals surface area (Å²) in [5.41, 5.74) is 4.50. The summed E-state index contributed by atoms with van der Waals surface area (Å²) in [6, 6.07) is 17.6. The Morgan fingerprint density at radius 2 is 1.69 bits per heavy atom. The molecule has 2 N–H and O–H groups in total. The van der Waals surface area contributed by atoms with E-state index >= 15 is 0 Å². The number of aromatic nitrogens is 2. The highest BCUT2D eigenvalue weighted by Gasteiger charge is 2.48. The highest BCUT2D eigenvalue weighted by Crippen LogP contribution is 2.43. The van der Waals surface area contributed by atoms with E-state index in [9.17, 15) is 14.7 Å². The number of imidazole rings is 1. The number of nitrogens with zero attached hydrogens (tertiary/aromatic N) is 2. The maximum atomic E-state index is 13.6. The van der Waals surface area contributed by atoms with Gasteiger partial charge in [-0.05, 0) is 59.4 Å². The number of hydrogen-bond acceptors (Lipinski definition) is 6. The molecule has 1 aromatic heterocycles. The van der Waals surface area contributed by atoms with Crippen LogP contribution in [0.5, 0.6) is 11.5 Å². The molecule has 8 heteroatoms. The van der Waals surface area contributed by atoms with Crippen molar-refractivity contribution in [2.24, 2.45) is 0 Å². The third-order valence-corrected chi connectivity index (χ3v) is 7.21. The predicted molar refractivity (Wildman–Crippen MR) is 148 cm³/mol. The zero-order valence-corrected chi connectivity index (χ0v) is 22.2. The number of amides is 1. The minimum Gasteiger partial charge on any atom is -0.507 e. The molecule has 0 spiro atoms. The maximum absolute atomic E-state index is 13.6. The number of aromatic amines is 1. The van der Waals surface area contributed by atoms with Crippen LogP contribution in [0.2, 0.25) is 0 Å². The Morgan fingerprint density at radius 3 is 2.41 bits per heavy atom. The summed E-state index contributed by atoms with van der Waals surface area (Å²) in [7, 11) is 0. The number of rotatable bonds is 3. The fourth-order valence-corrected chi connectivity index (χ4v) is 5.10. The van der Waals surface area contributed by atoms with Crippen LogP contribution < -0.4 is 14.4 Å². The summed E-state index contributed by atoms with van der Waals surface area (Å²) in [4.78, 5) is 36.3. The number of nitrogens with one attached hydrogen (secondary N) is 1. The highest BCUT2D eigenvalue weighted by atomic mass is 16.6. The van der Waals surface area contributed by atoms with Crippen LogP contribution >= 0.6 is 0 Å². The molecule has 0 saturated carbocycles. The number of aliphatic hydroxyl groups excluding tert-OH is 1. The van der Waals surface area contributed by atoms with Crippen molar-refractivity contribution >= 4 is 34.4 Å². The lowest BCUT2D eigenvalue weighted by Crippen LogP contribution is -2.30. The van der Waals surface area contributed by atoms with Crippen LogP contribution in [0.1, 0.15) is 49.1 Å².